The molecule has 1 aromatic carbocycles. The molecule has 21 heavy (non-hydrogen) atoms. The Kier molecular flexibility index (Phi) is 20.5. The maximum absolute atomic E-state index is 11.6. The number of rotatable bonds is 2. The number of nitrogens with one attached hydrogen (secondary N) is 1. The molecule has 1 radical (unpaired) electrons. The van der Waals surface area contributed by atoms with E-state index in [1.165, 1.54) is 0 Å². The molecule has 1 N–H and O–H groups in total. The summed E-state index contributed by atoms with van der Waals surface area (Å²) in [6, 6.07) is 9.42. The van der Waals surface area contributed by atoms with Crippen LogP contribution in [-0.2, 0) is 34.4 Å². The zero-order valence-corrected chi connectivity index (χ0v) is 13.4. The van der Waals surface area contributed by atoms with Crippen LogP contribution in [0.25, 0.3) is 0 Å². The van der Waals surface area contributed by atoms with Crippen LogP contribution in [-0.4, -0.2) is 0 Å². The Hall–Kier alpha value is -2.08. The van der Waals surface area contributed by atoms with Gasteiger partial charge in [-0.2, -0.15) is 0 Å². The van der Waals surface area contributed by atoms with Crippen LogP contribution < -0.4 is 10.4 Å². The van der Waals surface area contributed by atoms with Gasteiger partial charge >= 0.3 is 33.9 Å². The van der Waals surface area contributed by atoms with Crippen molar-refractivity contribution in [2.75, 3.05) is 5.32 Å². The van der Waals surface area contributed by atoms with E-state index in [1.807, 2.05) is 42.5 Å². The maximum Gasteiger partial charge on any atom is 0.0375 e. The van der Waals surface area contributed by atoms with E-state index in [0.29, 0.717) is 5.57 Å². The van der Waals surface area contributed by atoms with Crippen LogP contribution in [0.5, 0.6) is 0 Å². The number of allylic oxidation sites excluding steroid dienone is 5. The Labute approximate surface area is 136 Å². The molecule has 0 amide bonds. The first-order valence-corrected chi connectivity index (χ1v) is 5.05. The molecular formula is C15H10NO4Re-. The summed E-state index contributed by atoms with van der Waals surface area (Å²) in [5, 5.41) is 14.4. The van der Waals surface area contributed by atoms with Crippen LogP contribution in [0.15, 0.2) is 66.1 Å². The third kappa shape index (κ3) is 10.4. The number of para-hydroxylation sites is 1. The van der Waals surface area contributed by atoms with Crippen LogP contribution >= 0.6 is 0 Å². The van der Waals surface area contributed by atoms with E-state index in [2.05, 4.69) is 25.3 Å². The molecule has 1 aliphatic rings. The topological polar surface area (TPSA) is 94.8 Å². The van der Waals surface area contributed by atoms with Gasteiger partial charge in [-0.05, 0) is 23.6 Å². The predicted molar refractivity (Wildman–Crippen MR) is 67.2 cm³/mol. The third-order valence-electron chi connectivity index (χ3n) is 1.96. The van der Waals surface area contributed by atoms with Gasteiger partial charge in [0.2, 0.25) is 0 Å². The second kappa shape index (κ2) is 17.9. The second-order valence-electron chi connectivity index (χ2n) is 2.99. The molecular weight excluding hydrogens is 444 g/mol. The molecule has 1 aliphatic carbocycles. The first-order chi connectivity index (χ1) is 9.86. The molecule has 0 heterocycles. The van der Waals surface area contributed by atoms with Crippen molar-refractivity contribution in [3.63, 3.8) is 0 Å². The van der Waals surface area contributed by atoms with Crippen LogP contribution in [0.4, 0.5) is 5.69 Å². The summed E-state index contributed by atoms with van der Waals surface area (Å²) in [7, 11) is 0. The Morgan fingerprint density at radius 1 is 0.857 bits per heavy atom. The molecule has 107 valence electrons. The minimum atomic E-state index is -0.0683. The average Bonchev–Trinajstić information content (AvgIpc) is 3.09. The smallest absolute Gasteiger partial charge is 0.0375 e. The van der Waals surface area contributed by atoms with Crippen LogP contribution in [0.1, 0.15) is 0 Å². The van der Waals surface area contributed by atoms with Crippen LogP contribution in [0, 0.1) is 20.0 Å². The molecule has 0 saturated carbocycles. The van der Waals surface area contributed by atoms with Gasteiger partial charge in [-0.1, -0.05) is 42.5 Å². The molecule has 2 rings (SSSR count). The Morgan fingerprint density at radius 3 is 1.71 bits per heavy atom. The SMILES string of the molecule is [C-]#[O+].[C-]#[O+].[C-]#[O+].[O-]C(Nc1ccccc1)=C1C=CC=C1.[Re]. The van der Waals surface area contributed by atoms with Crippen molar-refractivity contribution < 1.29 is 39.5 Å². The second-order valence-corrected chi connectivity index (χ2v) is 2.99. The van der Waals surface area contributed by atoms with E-state index < -0.39 is 0 Å². The Balaban J connectivity index is -0.000000414. The number of benzene rings is 1. The van der Waals surface area contributed by atoms with Gasteiger partial charge in [0.1, 0.15) is 0 Å². The van der Waals surface area contributed by atoms with Gasteiger partial charge < -0.3 is 10.4 Å². The molecule has 0 saturated heterocycles. The van der Waals surface area contributed by atoms with E-state index in [4.69, 9.17) is 14.0 Å². The summed E-state index contributed by atoms with van der Waals surface area (Å²) in [6.45, 7) is 13.5. The van der Waals surface area contributed by atoms with Gasteiger partial charge in [0.25, 0.3) is 0 Å². The molecule has 0 aliphatic heterocycles. The molecule has 0 fully saturated rings. The molecule has 1 aromatic rings. The van der Waals surface area contributed by atoms with Crippen molar-refractivity contribution >= 4 is 5.69 Å². The van der Waals surface area contributed by atoms with Crippen molar-refractivity contribution in [3.8, 4) is 0 Å². The first kappa shape index (κ1) is 24.0. The molecule has 0 bridgehead atoms. The quantitative estimate of drug-likeness (QED) is 0.418. The standard InChI is InChI=1S/C12H11NO.3CO.Re/c14-12(10-6-4-5-7-10)13-11-8-2-1-3-9-11;3*1-2;/h1-9,13-14H;;;;/p-1. The Morgan fingerprint density at radius 2 is 1.29 bits per heavy atom. The van der Waals surface area contributed by atoms with Crippen molar-refractivity contribution in [2.45, 2.75) is 0 Å². The molecule has 0 unspecified atom stereocenters. The summed E-state index contributed by atoms with van der Waals surface area (Å²) >= 11 is 0. The van der Waals surface area contributed by atoms with Gasteiger partial charge in [0.15, 0.2) is 0 Å². The normalized spacial score (nSPS) is 9.14. The summed E-state index contributed by atoms with van der Waals surface area (Å²) in [5.74, 6) is -0.0683. The zero-order chi connectivity index (χ0) is 15.8. The number of anilines is 1. The minimum absolute atomic E-state index is 0. The maximum atomic E-state index is 11.6. The van der Waals surface area contributed by atoms with E-state index in [1.54, 1.807) is 12.2 Å². The van der Waals surface area contributed by atoms with Gasteiger partial charge in [-0.25, -0.2) is 0 Å². The molecule has 0 spiro atoms. The fraction of sp³-hybridized carbons (Fsp3) is 0. The number of hydrogen-bond donors (Lipinski definition) is 1. The summed E-state index contributed by atoms with van der Waals surface area (Å²) in [4.78, 5) is 0. The summed E-state index contributed by atoms with van der Waals surface area (Å²) in [6.07, 6.45) is 7.27. The van der Waals surface area contributed by atoms with Crippen LogP contribution in [0.2, 0.25) is 0 Å². The summed E-state index contributed by atoms with van der Waals surface area (Å²) in [5.41, 5.74) is 1.51. The van der Waals surface area contributed by atoms with E-state index in [9.17, 15) is 5.11 Å². The van der Waals surface area contributed by atoms with Crippen molar-refractivity contribution in [1.82, 2.24) is 0 Å². The van der Waals surface area contributed by atoms with Crippen molar-refractivity contribution in [3.05, 3.63) is 86.0 Å². The predicted octanol–water partition coefficient (Wildman–Crippen LogP) is 1.68. The number of hydrogen-bond acceptors (Lipinski definition) is 2. The van der Waals surface area contributed by atoms with Crippen LogP contribution in [0.3, 0.4) is 0 Å². The molecule has 0 atom stereocenters. The van der Waals surface area contributed by atoms with Gasteiger partial charge in [-0.15, -0.1) is 0 Å². The minimum Gasteiger partial charge on any atom is -0.860 e. The largest absolute Gasteiger partial charge is 0.860 e. The molecule has 0 aromatic heterocycles. The molecule has 5 nitrogen and oxygen atoms in total. The Bertz CT molecular complexity index is 499. The fourth-order valence-electron chi connectivity index (χ4n) is 1.25. The molecule has 6 heteroatoms. The van der Waals surface area contributed by atoms with Gasteiger partial charge in [-0.3, -0.25) is 0 Å². The third-order valence-corrected chi connectivity index (χ3v) is 1.96. The van der Waals surface area contributed by atoms with E-state index in [0.717, 1.165) is 5.69 Å². The van der Waals surface area contributed by atoms with Gasteiger partial charge in [0.05, 0.1) is 0 Å². The van der Waals surface area contributed by atoms with E-state index >= 15 is 0 Å². The van der Waals surface area contributed by atoms with Crippen molar-refractivity contribution in [2.24, 2.45) is 0 Å². The fourth-order valence-corrected chi connectivity index (χ4v) is 1.25. The zero-order valence-electron chi connectivity index (χ0n) is 10.7. The van der Waals surface area contributed by atoms with Crippen molar-refractivity contribution in [1.29, 1.82) is 0 Å². The first-order valence-electron chi connectivity index (χ1n) is 5.05. The van der Waals surface area contributed by atoms with Gasteiger partial charge in [0, 0.05) is 26.1 Å². The van der Waals surface area contributed by atoms with E-state index in [-0.39, 0.29) is 26.3 Å². The average molecular weight is 454 g/mol. The summed E-state index contributed by atoms with van der Waals surface area (Å²) < 4.78 is 22.5. The monoisotopic (exact) mass is 455 g/mol.